The molecule has 0 bridgehead atoms. The summed E-state index contributed by atoms with van der Waals surface area (Å²) in [5.41, 5.74) is 10.3. The van der Waals surface area contributed by atoms with E-state index in [4.69, 9.17) is 17.3 Å². The summed E-state index contributed by atoms with van der Waals surface area (Å²) in [5, 5.41) is 6.26. The fraction of sp³-hybridized carbons (Fsp3) is 0.381. The van der Waals surface area contributed by atoms with E-state index < -0.39 is 0 Å². The maximum Gasteiger partial charge on any atom is 0.228 e. The van der Waals surface area contributed by atoms with E-state index in [-0.39, 0.29) is 17.2 Å². The second-order valence-corrected chi connectivity index (χ2v) is 8.47. The van der Waals surface area contributed by atoms with Gasteiger partial charge in [-0.1, -0.05) is 17.7 Å². The number of nitrogens with one attached hydrogen (secondary N) is 2. The Morgan fingerprint density at radius 1 is 1.17 bits per heavy atom. The van der Waals surface area contributed by atoms with E-state index >= 15 is 0 Å². The lowest BCUT2D eigenvalue weighted by Crippen LogP contribution is -2.44. The zero-order chi connectivity index (χ0) is 20.2. The number of fused-ring (bicyclic) bond motifs is 1. The molecule has 5 rings (SSSR count). The van der Waals surface area contributed by atoms with Gasteiger partial charge in [-0.15, -0.1) is 0 Å². The molecular formula is C21H22ClN5O2. The Kier molecular flexibility index (Phi) is 4.17. The third-order valence-electron chi connectivity index (χ3n) is 6.47. The highest BCUT2D eigenvalue weighted by atomic mass is 35.5. The number of aromatic nitrogens is 1. The van der Waals surface area contributed by atoms with Gasteiger partial charge in [-0.05, 0) is 42.5 Å². The molecule has 2 fully saturated rings. The smallest absolute Gasteiger partial charge is 0.228 e. The first-order valence-electron chi connectivity index (χ1n) is 9.87. The maximum absolute atomic E-state index is 12.3. The molecule has 4 heterocycles. The molecule has 1 spiro atoms. The third-order valence-corrected chi connectivity index (χ3v) is 6.84. The highest BCUT2D eigenvalue weighted by molar-refractivity contribution is 6.36. The number of anilines is 3. The molecule has 2 amide bonds. The molecular weight excluding hydrogens is 390 g/mol. The van der Waals surface area contributed by atoms with Crippen molar-refractivity contribution >= 4 is 40.6 Å². The summed E-state index contributed by atoms with van der Waals surface area (Å²) in [7, 11) is 0. The van der Waals surface area contributed by atoms with Crippen LogP contribution >= 0.6 is 11.6 Å². The first-order chi connectivity index (χ1) is 14.0. The number of benzene rings is 1. The number of amides is 2. The molecule has 0 atom stereocenters. The van der Waals surface area contributed by atoms with Gasteiger partial charge in [0.05, 0.1) is 17.5 Å². The van der Waals surface area contributed by atoms with Crippen molar-refractivity contribution in [2.24, 2.45) is 5.41 Å². The zero-order valence-corrected chi connectivity index (χ0v) is 16.7. The zero-order valence-electron chi connectivity index (χ0n) is 15.9. The van der Waals surface area contributed by atoms with Crippen LogP contribution < -0.4 is 21.3 Å². The minimum Gasteiger partial charge on any atom is -0.382 e. The summed E-state index contributed by atoms with van der Waals surface area (Å²) in [5.74, 6) is 0.470. The summed E-state index contributed by atoms with van der Waals surface area (Å²) in [4.78, 5) is 30.5. The molecule has 3 aliphatic rings. The van der Waals surface area contributed by atoms with Crippen molar-refractivity contribution < 1.29 is 9.59 Å². The van der Waals surface area contributed by atoms with E-state index in [9.17, 15) is 9.59 Å². The van der Waals surface area contributed by atoms with E-state index in [1.807, 2.05) is 18.2 Å². The molecule has 0 radical (unpaired) electrons. The predicted octanol–water partition coefficient (Wildman–Crippen LogP) is 2.59. The van der Waals surface area contributed by atoms with Crippen LogP contribution in [0.25, 0.3) is 11.1 Å². The lowest BCUT2D eigenvalue weighted by atomic mass is 9.77. The van der Waals surface area contributed by atoms with Crippen molar-refractivity contribution in [1.82, 2.24) is 10.3 Å². The number of carbonyl (C=O) groups is 2. The number of piperidine rings is 1. The van der Waals surface area contributed by atoms with Crippen LogP contribution in [0, 0.1) is 5.41 Å². The Balaban J connectivity index is 1.51. The summed E-state index contributed by atoms with van der Waals surface area (Å²) in [6.45, 7) is 2.22. The van der Waals surface area contributed by atoms with Crippen molar-refractivity contribution in [3.63, 3.8) is 0 Å². The van der Waals surface area contributed by atoms with Crippen molar-refractivity contribution in [2.75, 3.05) is 35.6 Å². The van der Waals surface area contributed by atoms with Gasteiger partial charge in [-0.2, -0.15) is 0 Å². The third kappa shape index (κ3) is 2.92. The lowest BCUT2D eigenvalue weighted by Gasteiger charge is -2.39. The van der Waals surface area contributed by atoms with E-state index in [2.05, 4.69) is 20.5 Å². The monoisotopic (exact) mass is 411 g/mol. The molecule has 29 heavy (non-hydrogen) atoms. The van der Waals surface area contributed by atoms with Gasteiger partial charge in [0, 0.05) is 37.1 Å². The number of hydrogen-bond donors (Lipinski definition) is 3. The van der Waals surface area contributed by atoms with Crippen molar-refractivity contribution in [3.05, 3.63) is 35.0 Å². The van der Waals surface area contributed by atoms with E-state index in [0.717, 1.165) is 67.0 Å². The minimum absolute atomic E-state index is 0.00186. The van der Waals surface area contributed by atoms with Gasteiger partial charge < -0.3 is 21.3 Å². The van der Waals surface area contributed by atoms with Crippen LogP contribution in [0.15, 0.2) is 24.4 Å². The molecule has 0 aliphatic carbocycles. The van der Waals surface area contributed by atoms with E-state index in [0.29, 0.717) is 17.3 Å². The Labute approximate surface area is 173 Å². The minimum atomic E-state index is -0.249. The van der Waals surface area contributed by atoms with E-state index in [1.54, 1.807) is 6.20 Å². The average molecular weight is 412 g/mol. The van der Waals surface area contributed by atoms with Gasteiger partial charge in [0.2, 0.25) is 11.8 Å². The lowest BCUT2D eigenvalue weighted by molar-refractivity contribution is -0.128. The normalized spacial score (nSPS) is 20.0. The second-order valence-electron chi connectivity index (χ2n) is 8.09. The topological polar surface area (TPSA) is 100 Å². The summed E-state index contributed by atoms with van der Waals surface area (Å²) in [6.07, 6.45) is 4.59. The van der Waals surface area contributed by atoms with Crippen LogP contribution in [-0.2, 0) is 16.0 Å². The summed E-state index contributed by atoms with van der Waals surface area (Å²) < 4.78 is 0. The van der Waals surface area contributed by atoms with Gasteiger partial charge >= 0.3 is 0 Å². The molecule has 7 nitrogen and oxygen atoms in total. The standard InChI is InChI=1S/C21H22ClN5O2/c22-17-18(27-7-4-21(5-8-27)3-6-24-20(21)29)14(11-25-19(17)23)12-1-2-15-13(9-12)10-16(28)26-15/h1-2,9,11H,3-8,10H2,(H2,23,25)(H,24,29)(H,26,28). The van der Waals surface area contributed by atoms with Crippen LogP contribution in [-0.4, -0.2) is 36.4 Å². The van der Waals surface area contributed by atoms with Crippen LogP contribution in [0.3, 0.4) is 0 Å². The van der Waals surface area contributed by atoms with Gasteiger partial charge in [-0.3, -0.25) is 9.59 Å². The van der Waals surface area contributed by atoms with Gasteiger partial charge in [0.25, 0.3) is 0 Å². The van der Waals surface area contributed by atoms with Crippen molar-refractivity contribution in [1.29, 1.82) is 0 Å². The first kappa shape index (κ1) is 18.2. The Morgan fingerprint density at radius 2 is 1.97 bits per heavy atom. The number of nitrogens with zero attached hydrogens (tertiary/aromatic N) is 2. The van der Waals surface area contributed by atoms with Gasteiger partial charge in [0.1, 0.15) is 10.8 Å². The molecule has 8 heteroatoms. The predicted molar refractivity (Wildman–Crippen MR) is 113 cm³/mol. The van der Waals surface area contributed by atoms with Gasteiger partial charge in [0.15, 0.2) is 0 Å². The van der Waals surface area contributed by atoms with Crippen molar-refractivity contribution in [3.8, 4) is 11.1 Å². The fourth-order valence-electron chi connectivity index (χ4n) is 4.76. The first-order valence-corrected chi connectivity index (χ1v) is 10.2. The molecule has 150 valence electrons. The number of nitrogens with two attached hydrogens (primary N) is 1. The van der Waals surface area contributed by atoms with E-state index in [1.165, 1.54) is 0 Å². The summed E-state index contributed by atoms with van der Waals surface area (Å²) >= 11 is 6.63. The highest BCUT2D eigenvalue weighted by Crippen LogP contribution is 2.45. The largest absolute Gasteiger partial charge is 0.382 e. The number of nitrogen functional groups attached to an aromatic ring is 1. The Bertz CT molecular complexity index is 1030. The SMILES string of the molecule is Nc1ncc(-c2ccc3c(c2)CC(=O)N3)c(N2CCC3(CCNC3=O)CC2)c1Cl. The fourth-order valence-corrected chi connectivity index (χ4v) is 5.03. The Morgan fingerprint density at radius 3 is 2.69 bits per heavy atom. The quantitative estimate of drug-likeness (QED) is 0.705. The molecule has 2 saturated heterocycles. The average Bonchev–Trinajstić information content (AvgIpc) is 3.26. The van der Waals surface area contributed by atoms with Gasteiger partial charge in [-0.25, -0.2) is 4.98 Å². The van der Waals surface area contributed by atoms with Crippen LogP contribution in [0.1, 0.15) is 24.8 Å². The number of carbonyl (C=O) groups excluding carboxylic acids is 2. The van der Waals surface area contributed by atoms with Crippen LogP contribution in [0.5, 0.6) is 0 Å². The number of halogens is 1. The Hall–Kier alpha value is -2.80. The molecule has 4 N–H and O–H groups in total. The van der Waals surface area contributed by atoms with Crippen LogP contribution in [0.4, 0.5) is 17.2 Å². The number of pyridine rings is 1. The summed E-state index contributed by atoms with van der Waals surface area (Å²) in [6, 6.07) is 5.89. The van der Waals surface area contributed by atoms with Crippen molar-refractivity contribution in [2.45, 2.75) is 25.7 Å². The molecule has 0 saturated carbocycles. The van der Waals surface area contributed by atoms with Crippen LogP contribution in [0.2, 0.25) is 5.02 Å². The molecule has 2 aromatic rings. The molecule has 1 aromatic heterocycles. The molecule has 1 aromatic carbocycles. The molecule has 0 unspecified atom stereocenters. The number of rotatable bonds is 2. The number of hydrogen-bond acceptors (Lipinski definition) is 5. The molecule has 3 aliphatic heterocycles. The second kappa shape index (κ2) is 6.62. The maximum atomic E-state index is 12.3. The highest BCUT2D eigenvalue weighted by Gasteiger charge is 2.44.